The molecule has 0 radical (unpaired) electrons. The van der Waals surface area contributed by atoms with Crippen LogP contribution < -0.4 is 10.6 Å². The molecule has 1 aliphatic rings. The van der Waals surface area contributed by atoms with E-state index in [9.17, 15) is 24.3 Å². The molecular weight excluding hydrogens is 348 g/mol. The first-order valence-electron chi connectivity index (χ1n) is 9.25. The molecular formula is C20H26N2O5. The van der Waals surface area contributed by atoms with Crippen LogP contribution in [-0.2, 0) is 19.2 Å². The largest absolute Gasteiger partial charge is 0.480 e. The number of carbonyl (C=O) groups excluding carboxylic acids is 3. The summed E-state index contributed by atoms with van der Waals surface area (Å²) in [6.07, 6.45) is 1.75. The fourth-order valence-corrected chi connectivity index (χ4v) is 3.34. The molecule has 1 fully saturated rings. The molecule has 1 aromatic carbocycles. The van der Waals surface area contributed by atoms with Gasteiger partial charge in [-0.15, -0.1) is 0 Å². The number of aliphatic carboxylic acids is 1. The fourth-order valence-electron chi connectivity index (χ4n) is 3.34. The predicted molar refractivity (Wildman–Crippen MR) is 98.8 cm³/mol. The van der Waals surface area contributed by atoms with E-state index in [1.165, 1.54) is 0 Å². The molecule has 146 valence electrons. The number of carbonyl (C=O) groups is 4. The molecule has 2 amide bonds. The van der Waals surface area contributed by atoms with Crippen LogP contribution in [0.2, 0.25) is 0 Å². The highest BCUT2D eigenvalue weighted by atomic mass is 16.4. The zero-order valence-electron chi connectivity index (χ0n) is 15.4. The summed E-state index contributed by atoms with van der Waals surface area (Å²) in [5.74, 6) is -2.28. The molecule has 0 aliphatic heterocycles. The molecule has 3 atom stereocenters. The topological polar surface area (TPSA) is 113 Å². The first kappa shape index (κ1) is 20.6. The maximum atomic E-state index is 12.1. The minimum atomic E-state index is -1.15. The summed E-state index contributed by atoms with van der Waals surface area (Å²) in [5.41, 5.74) is 0.961. The zero-order chi connectivity index (χ0) is 19.8. The van der Waals surface area contributed by atoms with Gasteiger partial charge in [0.05, 0.1) is 6.04 Å². The van der Waals surface area contributed by atoms with Crippen molar-refractivity contribution in [2.45, 2.75) is 57.5 Å². The Labute approximate surface area is 158 Å². The maximum Gasteiger partial charge on any atom is 0.326 e. The van der Waals surface area contributed by atoms with Crippen molar-refractivity contribution in [1.82, 2.24) is 10.6 Å². The lowest BCUT2D eigenvalue weighted by Gasteiger charge is -2.27. The smallest absolute Gasteiger partial charge is 0.326 e. The van der Waals surface area contributed by atoms with Crippen molar-refractivity contribution in [1.29, 1.82) is 0 Å². The van der Waals surface area contributed by atoms with Gasteiger partial charge < -0.3 is 15.7 Å². The molecule has 0 spiro atoms. The molecule has 7 nitrogen and oxygen atoms in total. The molecule has 0 aromatic heterocycles. The number of ketones is 1. The number of hydrogen-bond donors (Lipinski definition) is 3. The average molecular weight is 374 g/mol. The first-order valence-corrected chi connectivity index (χ1v) is 9.25. The SMILES string of the molecule is C[C@@H](NC(=O)CCC(=O)N[C@H](C(=O)O)[C@H]1CCCC(=O)C1)c1ccccc1. The summed E-state index contributed by atoms with van der Waals surface area (Å²) in [6.45, 7) is 1.86. The van der Waals surface area contributed by atoms with Crippen LogP contribution in [0, 0.1) is 5.92 Å². The standard InChI is InChI=1S/C20H26N2O5/c1-13(14-6-3-2-4-7-14)21-17(24)10-11-18(25)22-19(20(26)27)15-8-5-9-16(23)12-15/h2-4,6-7,13,15,19H,5,8-12H2,1H3,(H,21,24)(H,22,25)(H,26,27)/t13-,15+,19+/m1/s1. The summed E-state index contributed by atoms with van der Waals surface area (Å²) in [5, 5.41) is 14.7. The van der Waals surface area contributed by atoms with Gasteiger partial charge in [-0.3, -0.25) is 14.4 Å². The lowest BCUT2D eigenvalue weighted by molar-refractivity contribution is -0.144. The number of nitrogens with one attached hydrogen (secondary N) is 2. The van der Waals surface area contributed by atoms with Gasteiger partial charge in [-0.25, -0.2) is 4.79 Å². The number of amides is 2. The van der Waals surface area contributed by atoms with Crippen molar-refractivity contribution < 1.29 is 24.3 Å². The van der Waals surface area contributed by atoms with E-state index in [0.29, 0.717) is 19.3 Å². The number of Topliss-reactive ketones (excluding diaryl/α,β-unsaturated/α-hetero) is 1. The number of hydrogen-bond acceptors (Lipinski definition) is 4. The Morgan fingerprint density at radius 2 is 1.74 bits per heavy atom. The quantitative estimate of drug-likeness (QED) is 0.644. The monoisotopic (exact) mass is 374 g/mol. The number of carboxylic acids is 1. The Bertz CT molecular complexity index is 689. The van der Waals surface area contributed by atoms with Crippen LogP contribution in [0.3, 0.4) is 0 Å². The Morgan fingerprint density at radius 1 is 1.11 bits per heavy atom. The lowest BCUT2D eigenvalue weighted by atomic mass is 9.83. The third-order valence-electron chi connectivity index (χ3n) is 4.83. The Kier molecular flexibility index (Phi) is 7.52. The maximum absolute atomic E-state index is 12.1. The third kappa shape index (κ3) is 6.51. The summed E-state index contributed by atoms with van der Waals surface area (Å²) in [6, 6.07) is 8.19. The minimum absolute atomic E-state index is 0.0287. The van der Waals surface area contributed by atoms with Crippen LogP contribution in [0.1, 0.15) is 57.1 Å². The minimum Gasteiger partial charge on any atom is -0.480 e. The highest BCUT2D eigenvalue weighted by Crippen LogP contribution is 2.24. The van der Waals surface area contributed by atoms with Crippen molar-refractivity contribution in [3.8, 4) is 0 Å². The fraction of sp³-hybridized carbons (Fsp3) is 0.500. The molecule has 1 aliphatic carbocycles. The molecule has 0 unspecified atom stereocenters. The van der Waals surface area contributed by atoms with E-state index in [-0.39, 0.29) is 42.9 Å². The molecule has 1 saturated carbocycles. The molecule has 3 N–H and O–H groups in total. The van der Waals surface area contributed by atoms with Crippen LogP contribution in [-0.4, -0.2) is 34.7 Å². The van der Waals surface area contributed by atoms with Gasteiger partial charge in [-0.2, -0.15) is 0 Å². The van der Waals surface area contributed by atoms with Crippen molar-refractivity contribution in [3.63, 3.8) is 0 Å². The van der Waals surface area contributed by atoms with Crippen LogP contribution in [0.5, 0.6) is 0 Å². The summed E-state index contributed by atoms with van der Waals surface area (Å²) >= 11 is 0. The van der Waals surface area contributed by atoms with Gasteiger partial charge in [-0.05, 0) is 31.2 Å². The van der Waals surface area contributed by atoms with E-state index in [2.05, 4.69) is 10.6 Å². The van der Waals surface area contributed by atoms with Crippen LogP contribution >= 0.6 is 0 Å². The van der Waals surface area contributed by atoms with Crippen molar-refractivity contribution in [3.05, 3.63) is 35.9 Å². The summed E-state index contributed by atoms with van der Waals surface area (Å²) in [7, 11) is 0. The highest BCUT2D eigenvalue weighted by molar-refractivity contribution is 5.88. The van der Waals surface area contributed by atoms with E-state index in [1.807, 2.05) is 37.3 Å². The molecule has 0 saturated heterocycles. The van der Waals surface area contributed by atoms with Crippen LogP contribution in [0.25, 0.3) is 0 Å². The third-order valence-corrected chi connectivity index (χ3v) is 4.83. The van der Waals surface area contributed by atoms with Gasteiger partial charge in [-0.1, -0.05) is 30.3 Å². The summed E-state index contributed by atoms with van der Waals surface area (Å²) in [4.78, 5) is 47.2. The van der Waals surface area contributed by atoms with Crippen LogP contribution in [0.15, 0.2) is 30.3 Å². The van der Waals surface area contributed by atoms with E-state index in [0.717, 1.165) is 5.56 Å². The number of rotatable bonds is 8. The van der Waals surface area contributed by atoms with Gasteiger partial charge in [0.1, 0.15) is 11.8 Å². The second kappa shape index (κ2) is 9.85. The molecule has 27 heavy (non-hydrogen) atoms. The van der Waals surface area contributed by atoms with Gasteiger partial charge >= 0.3 is 5.97 Å². The van der Waals surface area contributed by atoms with Crippen molar-refractivity contribution >= 4 is 23.6 Å². The normalized spacial score (nSPS) is 19.0. The Morgan fingerprint density at radius 3 is 2.33 bits per heavy atom. The van der Waals surface area contributed by atoms with Crippen molar-refractivity contribution in [2.24, 2.45) is 5.92 Å². The van der Waals surface area contributed by atoms with Gasteiger partial charge in [0, 0.05) is 25.7 Å². The first-order chi connectivity index (χ1) is 12.9. The molecule has 0 heterocycles. The van der Waals surface area contributed by atoms with E-state index < -0.39 is 17.9 Å². The van der Waals surface area contributed by atoms with E-state index >= 15 is 0 Å². The predicted octanol–water partition coefficient (Wildman–Crippen LogP) is 1.97. The summed E-state index contributed by atoms with van der Waals surface area (Å²) < 4.78 is 0. The number of benzene rings is 1. The van der Waals surface area contributed by atoms with Gasteiger partial charge in [0.2, 0.25) is 11.8 Å². The van der Waals surface area contributed by atoms with Crippen molar-refractivity contribution in [2.75, 3.05) is 0 Å². The number of carboxylic acid groups (broad SMARTS) is 1. The molecule has 0 bridgehead atoms. The van der Waals surface area contributed by atoms with E-state index in [1.54, 1.807) is 0 Å². The van der Waals surface area contributed by atoms with E-state index in [4.69, 9.17) is 0 Å². The zero-order valence-corrected chi connectivity index (χ0v) is 15.4. The molecule has 1 aromatic rings. The van der Waals surface area contributed by atoms with Gasteiger partial charge in [0.25, 0.3) is 0 Å². The Hall–Kier alpha value is -2.70. The second-order valence-corrected chi connectivity index (χ2v) is 6.98. The lowest BCUT2D eigenvalue weighted by Crippen LogP contribution is -2.47. The second-order valence-electron chi connectivity index (χ2n) is 6.98. The van der Waals surface area contributed by atoms with Gasteiger partial charge in [0.15, 0.2) is 0 Å². The molecule has 7 heteroatoms. The Balaban J connectivity index is 1.80. The average Bonchev–Trinajstić information content (AvgIpc) is 2.65. The highest BCUT2D eigenvalue weighted by Gasteiger charge is 2.33. The van der Waals surface area contributed by atoms with Crippen LogP contribution in [0.4, 0.5) is 0 Å². The molecule has 2 rings (SSSR count).